The average Bonchev–Trinajstić information content (AvgIpc) is 2.58. The minimum Gasteiger partial charge on any atom is -0.444 e. The molecule has 2 rings (SSSR count). The molecule has 0 N–H and O–H groups in total. The topological polar surface area (TPSA) is 47.4 Å². The summed E-state index contributed by atoms with van der Waals surface area (Å²) in [5, 5.41) is 0. The highest BCUT2D eigenvalue weighted by atomic mass is 16.6. The normalized spacial score (nSPS) is 15.5. The molecule has 1 amide bonds. The van der Waals surface area contributed by atoms with Crippen LogP contribution in [0, 0.1) is 13.8 Å². The molecular weight excluding hydrogens is 278 g/mol. The first-order chi connectivity index (χ1) is 10.2. The highest BCUT2D eigenvalue weighted by Gasteiger charge is 2.26. The summed E-state index contributed by atoms with van der Waals surface area (Å²) < 4.78 is 7.67. The standard InChI is InChI=1S/C17H29N3O2/c1-12-13(2)20(15(18-12)14-8-7-9-14)11-10-19(6)16(21)22-17(3,4)5/h14H,7-11H2,1-6H3. The van der Waals surface area contributed by atoms with Gasteiger partial charge in [-0.05, 0) is 47.5 Å². The van der Waals surface area contributed by atoms with Crippen LogP contribution >= 0.6 is 0 Å². The Morgan fingerprint density at radius 2 is 2.00 bits per heavy atom. The van der Waals surface area contributed by atoms with Crippen LogP contribution in [0.5, 0.6) is 0 Å². The number of carbonyl (C=O) groups is 1. The van der Waals surface area contributed by atoms with Gasteiger partial charge in [-0.1, -0.05) is 6.42 Å². The maximum atomic E-state index is 12.0. The number of carbonyl (C=O) groups excluding carboxylic acids is 1. The quantitative estimate of drug-likeness (QED) is 0.853. The van der Waals surface area contributed by atoms with Gasteiger partial charge in [0.2, 0.25) is 0 Å². The Bertz CT molecular complexity index is 539. The lowest BCUT2D eigenvalue weighted by Gasteiger charge is -2.27. The maximum absolute atomic E-state index is 12.0. The van der Waals surface area contributed by atoms with Gasteiger partial charge in [0.25, 0.3) is 0 Å². The van der Waals surface area contributed by atoms with Crippen molar-refractivity contribution in [1.29, 1.82) is 0 Å². The Morgan fingerprint density at radius 3 is 2.50 bits per heavy atom. The van der Waals surface area contributed by atoms with Crippen molar-refractivity contribution in [1.82, 2.24) is 14.5 Å². The predicted octanol–water partition coefficient (Wildman–Crippen LogP) is 3.63. The number of imidazole rings is 1. The first-order valence-corrected chi connectivity index (χ1v) is 8.17. The van der Waals surface area contributed by atoms with E-state index in [4.69, 9.17) is 9.72 Å². The molecule has 1 aromatic rings. The fourth-order valence-electron chi connectivity index (χ4n) is 2.62. The molecule has 0 radical (unpaired) electrons. The summed E-state index contributed by atoms with van der Waals surface area (Å²) in [4.78, 5) is 18.4. The monoisotopic (exact) mass is 307 g/mol. The molecule has 0 saturated heterocycles. The number of nitrogens with zero attached hydrogens (tertiary/aromatic N) is 3. The van der Waals surface area contributed by atoms with Gasteiger partial charge in [-0.2, -0.15) is 0 Å². The van der Waals surface area contributed by atoms with Crippen LogP contribution in [-0.2, 0) is 11.3 Å². The van der Waals surface area contributed by atoms with E-state index >= 15 is 0 Å². The molecule has 22 heavy (non-hydrogen) atoms. The Balaban J connectivity index is 2.00. The first kappa shape index (κ1) is 16.8. The van der Waals surface area contributed by atoms with Crippen molar-refractivity contribution in [3.63, 3.8) is 0 Å². The van der Waals surface area contributed by atoms with Crippen LogP contribution in [0.2, 0.25) is 0 Å². The summed E-state index contributed by atoms with van der Waals surface area (Å²) in [6, 6.07) is 0. The zero-order chi connectivity index (χ0) is 16.5. The van der Waals surface area contributed by atoms with Crippen molar-refractivity contribution in [2.75, 3.05) is 13.6 Å². The fourth-order valence-corrected chi connectivity index (χ4v) is 2.62. The van der Waals surface area contributed by atoms with Gasteiger partial charge in [0.1, 0.15) is 11.4 Å². The molecule has 1 fully saturated rings. The molecule has 124 valence electrons. The Hall–Kier alpha value is -1.52. The molecule has 1 aliphatic carbocycles. The third kappa shape index (κ3) is 3.81. The van der Waals surface area contributed by atoms with Gasteiger partial charge < -0.3 is 14.2 Å². The van der Waals surface area contributed by atoms with E-state index in [1.165, 1.54) is 30.8 Å². The summed E-state index contributed by atoms with van der Waals surface area (Å²) in [6.45, 7) is 11.2. The maximum Gasteiger partial charge on any atom is 0.410 e. The van der Waals surface area contributed by atoms with Crippen molar-refractivity contribution >= 4 is 6.09 Å². The summed E-state index contributed by atoms with van der Waals surface area (Å²) in [5.74, 6) is 1.79. The van der Waals surface area contributed by atoms with E-state index in [-0.39, 0.29) is 6.09 Å². The Labute approximate surface area is 133 Å². The van der Waals surface area contributed by atoms with Crippen LogP contribution < -0.4 is 0 Å². The van der Waals surface area contributed by atoms with Crippen molar-refractivity contribution in [3.05, 3.63) is 17.2 Å². The summed E-state index contributed by atoms with van der Waals surface area (Å²) >= 11 is 0. The highest BCUT2D eigenvalue weighted by molar-refractivity contribution is 5.67. The molecule has 1 aromatic heterocycles. The highest BCUT2D eigenvalue weighted by Crippen LogP contribution is 2.36. The molecule has 0 aliphatic heterocycles. The summed E-state index contributed by atoms with van der Waals surface area (Å²) in [5.41, 5.74) is 1.85. The minimum atomic E-state index is -0.454. The van der Waals surface area contributed by atoms with Crippen LogP contribution in [0.25, 0.3) is 0 Å². The number of hydrogen-bond acceptors (Lipinski definition) is 3. The van der Waals surface area contributed by atoms with Crippen molar-refractivity contribution in [2.24, 2.45) is 0 Å². The molecule has 0 unspecified atom stereocenters. The molecular formula is C17H29N3O2. The number of hydrogen-bond donors (Lipinski definition) is 0. The average molecular weight is 307 g/mol. The lowest BCUT2D eigenvalue weighted by molar-refractivity contribution is 0.0292. The Morgan fingerprint density at radius 1 is 1.36 bits per heavy atom. The predicted molar refractivity (Wildman–Crippen MR) is 87.2 cm³/mol. The minimum absolute atomic E-state index is 0.271. The van der Waals surface area contributed by atoms with Crippen LogP contribution in [0.4, 0.5) is 4.79 Å². The second-order valence-electron chi connectivity index (χ2n) is 7.32. The van der Waals surface area contributed by atoms with E-state index < -0.39 is 5.60 Å². The van der Waals surface area contributed by atoms with Gasteiger partial charge in [0.05, 0.1) is 5.69 Å². The number of amides is 1. The van der Waals surface area contributed by atoms with Gasteiger partial charge >= 0.3 is 6.09 Å². The van der Waals surface area contributed by atoms with Crippen LogP contribution in [0.1, 0.15) is 63.2 Å². The van der Waals surface area contributed by atoms with Gasteiger partial charge in [-0.15, -0.1) is 0 Å². The van der Waals surface area contributed by atoms with Crippen molar-refractivity contribution in [2.45, 2.75) is 71.9 Å². The molecule has 5 heteroatoms. The lowest BCUT2D eigenvalue weighted by atomic mass is 9.85. The third-order valence-corrected chi connectivity index (χ3v) is 4.32. The van der Waals surface area contributed by atoms with Gasteiger partial charge in [-0.25, -0.2) is 9.78 Å². The smallest absolute Gasteiger partial charge is 0.410 e. The zero-order valence-corrected chi connectivity index (χ0v) is 14.8. The second-order valence-corrected chi connectivity index (χ2v) is 7.32. The van der Waals surface area contributed by atoms with E-state index in [1.807, 2.05) is 20.8 Å². The number of rotatable bonds is 4. The Kier molecular flexibility index (Phi) is 4.83. The fraction of sp³-hybridized carbons (Fsp3) is 0.765. The molecule has 1 heterocycles. The second kappa shape index (κ2) is 6.31. The molecule has 0 atom stereocenters. The van der Waals surface area contributed by atoms with Gasteiger partial charge in [-0.3, -0.25) is 0 Å². The summed E-state index contributed by atoms with van der Waals surface area (Å²) in [6.07, 6.45) is 3.50. The number of aryl methyl sites for hydroxylation is 1. The van der Waals surface area contributed by atoms with Gasteiger partial charge in [0.15, 0.2) is 0 Å². The molecule has 1 saturated carbocycles. The first-order valence-electron chi connectivity index (χ1n) is 8.17. The van der Waals surface area contributed by atoms with E-state index in [9.17, 15) is 4.79 Å². The molecule has 1 aliphatic rings. The van der Waals surface area contributed by atoms with Crippen LogP contribution in [0.3, 0.4) is 0 Å². The molecule has 0 spiro atoms. The summed E-state index contributed by atoms with van der Waals surface area (Å²) in [7, 11) is 1.79. The SMILES string of the molecule is Cc1nc(C2CCC2)n(CCN(C)C(=O)OC(C)(C)C)c1C. The number of ether oxygens (including phenoxy) is 1. The largest absolute Gasteiger partial charge is 0.444 e. The third-order valence-electron chi connectivity index (χ3n) is 4.32. The number of likely N-dealkylation sites (N-methyl/N-ethyl adjacent to an activating group) is 1. The molecule has 5 nitrogen and oxygen atoms in total. The van der Waals surface area contributed by atoms with Crippen molar-refractivity contribution < 1.29 is 9.53 Å². The zero-order valence-electron chi connectivity index (χ0n) is 14.8. The van der Waals surface area contributed by atoms with Crippen molar-refractivity contribution in [3.8, 4) is 0 Å². The van der Waals surface area contributed by atoms with E-state index in [1.54, 1.807) is 11.9 Å². The van der Waals surface area contributed by atoms with E-state index in [0.29, 0.717) is 12.5 Å². The molecule has 0 bridgehead atoms. The number of aromatic nitrogens is 2. The lowest BCUT2D eigenvalue weighted by Crippen LogP contribution is -2.36. The van der Waals surface area contributed by atoms with E-state index in [0.717, 1.165) is 12.2 Å². The van der Waals surface area contributed by atoms with Crippen LogP contribution in [-0.4, -0.2) is 39.7 Å². The van der Waals surface area contributed by atoms with E-state index in [2.05, 4.69) is 18.4 Å². The van der Waals surface area contributed by atoms with Crippen LogP contribution in [0.15, 0.2) is 0 Å². The van der Waals surface area contributed by atoms with Gasteiger partial charge in [0, 0.05) is 31.7 Å². The molecule has 0 aromatic carbocycles.